The molecule has 0 fully saturated rings. The Kier molecular flexibility index (Phi) is 3.80. The summed E-state index contributed by atoms with van der Waals surface area (Å²) in [6.07, 6.45) is 0.836. The highest BCUT2D eigenvalue weighted by molar-refractivity contribution is 7.10. The molecule has 1 aromatic heterocycles. The number of methoxy groups -OCH3 is 1. The summed E-state index contributed by atoms with van der Waals surface area (Å²) in [4.78, 5) is 4.52. The number of alkyl halides is 1. The second kappa shape index (κ2) is 5.32. The Labute approximate surface area is 104 Å². The van der Waals surface area contributed by atoms with Crippen LogP contribution in [-0.2, 0) is 6.42 Å². The van der Waals surface area contributed by atoms with Crippen LogP contribution in [0.4, 0.5) is 0 Å². The molecule has 16 heavy (non-hydrogen) atoms. The van der Waals surface area contributed by atoms with Gasteiger partial charge in [0.25, 0.3) is 0 Å². The van der Waals surface area contributed by atoms with Crippen LogP contribution in [-0.4, -0.2) is 18.0 Å². The maximum atomic E-state index is 5.68. The quantitative estimate of drug-likeness (QED) is 0.777. The first-order valence-corrected chi connectivity index (χ1v) is 6.39. The number of nitrogens with zero attached hydrogens (tertiary/aromatic N) is 1. The van der Waals surface area contributed by atoms with E-state index in [0.717, 1.165) is 28.4 Å². The van der Waals surface area contributed by atoms with Crippen molar-refractivity contribution in [3.63, 3.8) is 0 Å². The zero-order valence-electron chi connectivity index (χ0n) is 8.94. The van der Waals surface area contributed by atoms with E-state index in [1.165, 1.54) is 0 Å². The Balaban J connectivity index is 2.21. The van der Waals surface area contributed by atoms with Gasteiger partial charge in [-0.25, -0.2) is 4.98 Å². The maximum absolute atomic E-state index is 5.68. The largest absolute Gasteiger partial charge is 0.497 e. The van der Waals surface area contributed by atoms with Gasteiger partial charge in [0, 0.05) is 23.2 Å². The fourth-order valence-corrected chi connectivity index (χ4v) is 2.50. The van der Waals surface area contributed by atoms with E-state index >= 15 is 0 Å². The van der Waals surface area contributed by atoms with E-state index in [9.17, 15) is 0 Å². The molecule has 84 valence electrons. The second-order valence-corrected chi connectivity index (χ2v) is 4.61. The van der Waals surface area contributed by atoms with Gasteiger partial charge >= 0.3 is 0 Å². The molecule has 1 aromatic carbocycles. The number of aryl methyl sites for hydroxylation is 1. The van der Waals surface area contributed by atoms with E-state index in [1.807, 2.05) is 24.3 Å². The first-order chi connectivity index (χ1) is 7.83. The number of benzene rings is 1. The molecule has 0 aliphatic carbocycles. The summed E-state index contributed by atoms with van der Waals surface area (Å²) in [5.74, 6) is 1.48. The predicted molar refractivity (Wildman–Crippen MR) is 68.5 cm³/mol. The van der Waals surface area contributed by atoms with Gasteiger partial charge in [-0.1, -0.05) is 0 Å². The molecule has 2 nitrogen and oxygen atoms in total. The highest BCUT2D eigenvalue weighted by Crippen LogP contribution is 2.24. The molecule has 1 heterocycles. The van der Waals surface area contributed by atoms with Gasteiger partial charge in [0.05, 0.1) is 17.8 Å². The number of hydrogen-bond acceptors (Lipinski definition) is 3. The van der Waals surface area contributed by atoms with E-state index < -0.39 is 0 Å². The Morgan fingerprint density at radius 2 is 2.06 bits per heavy atom. The predicted octanol–water partition coefficient (Wildman–Crippen LogP) is 3.60. The highest BCUT2D eigenvalue weighted by Gasteiger charge is 2.04. The van der Waals surface area contributed by atoms with Crippen molar-refractivity contribution < 1.29 is 4.74 Å². The lowest BCUT2D eigenvalue weighted by Crippen LogP contribution is -1.85. The number of aromatic nitrogens is 1. The van der Waals surface area contributed by atoms with Crippen molar-refractivity contribution in [1.29, 1.82) is 0 Å². The van der Waals surface area contributed by atoms with E-state index in [-0.39, 0.29) is 0 Å². The number of halogens is 1. The fourth-order valence-electron chi connectivity index (χ4n) is 1.40. The molecule has 0 unspecified atom stereocenters. The minimum Gasteiger partial charge on any atom is -0.497 e. The van der Waals surface area contributed by atoms with Gasteiger partial charge in [0.1, 0.15) is 5.75 Å². The average Bonchev–Trinajstić information content (AvgIpc) is 2.78. The van der Waals surface area contributed by atoms with Crippen LogP contribution in [0.25, 0.3) is 11.3 Å². The normalized spacial score (nSPS) is 10.4. The van der Waals surface area contributed by atoms with Crippen molar-refractivity contribution >= 4 is 22.9 Å². The lowest BCUT2D eigenvalue weighted by atomic mass is 10.2. The molecule has 4 heteroatoms. The van der Waals surface area contributed by atoms with Crippen LogP contribution in [0.1, 0.15) is 5.01 Å². The van der Waals surface area contributed by atoms with Crippen molar-refractivity contribution in [1.82, 2.24) is 4.98 Å². The molecular weight excluding hydrogens is 242 g/mol. The molecule has 0 spiro atoms. The summed E-state index contributed by atoms with van der Waals surface area (Å²) in [5.41, 5.74) is 2.12. The van der Waals surface area contributed by atoms with E-state index in [0.29, 0.717) is 5.88 Å². The molecule has 0 saturated carbocycles. The summed E-state index contributed by atoms with van der Waals surface area (Å²) >= 11 is 7.33. The van der Waals surface area contributed by atoms with Gasteiger partial charge < -0.3 is 4.74 Å². The molecule has 0 N–H and O–H groups in total. The van der Waals surface area contributed by atoms with Crippen molar-refractivity contribution in [3.05, 3.63) is 34.7 Å². The molecule has 0 saturated heterocycles. The van der Waals surface area contributed by atoms with Crippen LogP contribution < -0.4 is 4.74 Å². The second-order valence-electron chi connectivity index (χ2n) is 3.29. The van der Waals surface area contributed by atoms with Crippen LogP contribution in [0, 0.1) is 0 Å². The molecule has 0 atom stereocenters. The van der Waals surface area contributed by atoms with Crippen molar-refractivity contribution in [2.75, 3.05) is 13.0 Å². The summed E-state index contributed by atoms with van der Waals surface area (Å²) in [6, 6.07) is 7.91. The van der Waals surface area contributed by atoms with E-state index in [4.69, 9.17) is 16.3 Å². The third-order valence-corrected chi connectivity index (χ3v) is 3.34. The van der Waals surface area contributed by atoms with Crippen molar-refractivity contribution in [2.45, 2.75) is 6.42 Å². The van der Waals surface area contributed by atoms with Crippen LogP contribution >= 0.6 is 22.9 Å². The lowest BCUT2D eigenvalue weighted by molar-refractivity contribution is 0.415. The fraction of sp³-hybridized carbons (Fsp3) is 0.250. The Morgan fingerprint density at radius 1 is 1.31 bits per heavy atom. The smallest absolute Gasteiger partial charge is 0.118 e. The van der Waals surface area contributed by atoms with E-state index in [1.54, 1.807) is 18.4 Å². The number of rotatable bonds is 4. The zero-order valence-corrected chi connectivity index (χ0v) is 10.5. The Hall–Kier alpha value is -1.06. The maximum Gasteiger partial charge on any atom is 0.118 e. The van der Waals surface area contributed by atoms with E-state index in [2.05, 4.69) is 10.4 Å². The summed E-state index contributed by atoms with van der Waals surface area (Å²) < 4.78 is 5.11. The van der Waals surface area contributed by atoms with Gasteiger partial charge in [-0.3, -0.25) is 0 Å². The number of thiazole rings is 1. The minimum atomic E-state index is 0.621. The summed E-state index contributed by atoms with van der Waals surface area (Å²) in [6.45, 7) is 0. The summed E-state index contributed by atoms with van der Waals surface area (Å²) in [7, 11) is 1.66. The third-order valence-electron chi connectivity index (χ3n) is 2.25. The Bertz CT molecular complexity index is 452. The molecule has 2 rings (SSSR count). The number of ether oxygens (including phenoxy) is 1. The van der Waals surface area contributed by atoms with Crippen molar-refractivity contribution in [2.24, 2.45) is 0 Å². The molecule has 0 amide bonds. The van der Waals surface area contributed by atoms with Gasteiger partial charge in [-0.15, -0.1) is 22.9 Å². The lowest BCUT2D eigenvalue weighted by Gasteiger charge is -2.00. The standard InChI is InChI=1S/C12H12ClNOS/c1-15-10-4-2-9(3-5-10)11-8-16-12(14-11)6-7-13/h2-5,8H,6-7H2,1H3. The average molecular weight is 254 g/mol. The molecule has 0 bridgehead atoms. The molecule has 0 aliphatic heterocycles. The molecule has 0 aliphatic rings. The van der Waals surface area contributed by atoms with Crippen molar-refractivity contribution in [3.8, 4) is 17.0 Å². The third kappa shape index (κ3) is 2.54. The molecular formula is C12H12ClNOS. The first kappa shape index (κ1) is 11.4. The van der Waals surface area contributed by atoms with Crippen LogP contribution in [0.5, 0.6) is 5.75 Å². The van der Waals surface area contributed by atoms with Gasteiger partial charge in [-0.2, -0.15) is 0 Å². The van der Waals surface area contributed by atoms with Gasteiger partial charge in [-0.05, 0) is 24.3 Å². The minimum absolute atomic E-state index is 0.621. The Morgan fingerprint density at radius 3 is 2.69 bits per heavy atom. The summed E-state index contributed by atoms with van der Waals surface area (Å²) in [5, 5.41) is 3.14. The first-order valence-electron chi connectivity index (χ1n) is 4.98. The SMILES string of the molecule is COc1ccc(-c2csc(CCCl)n2)cc1. The van der Waals surface area contributed by atoms with Crippen LogP contribution in [0.2, 0.25) is 0 Å². The number of hydrogen-bond donors (Lipinski definition) is 0. The van der Waals surface area contributed by atoms with Gasteiger partial charge in [0.15, 0.2) is 0 Å². The molecule has 0 radical (unpaired) electrons. The van der Waals surface area contributed by atoms with Crippen LogP contribution in [0.3, 0.4) is 0 Å². The molecule has 2 aromatic rings. The monoisotopic (exact) mass is 253 g/mol. The zero-order chi connectivity index (χ0) is 11.4. The van der Waals surface area contributed by atoms with Gasteiger partial charge in [0.2, 0.25) is 0 Å². The van der Waals surface area contributed by atoms with Crippen LogP contribution in [0.15, 0.2) is 29.6 Å². The topological polar surface area (TPSA) is 22.1 Å². The highest BCUT2D eigenvalue weighted by atomic mass is 35.5.